The highest BCUT2D eigenvalue weighted by molar-refractivity contribution is 9.10. The van der Waals surface area contributed by atoms with Crippen LogP contribution in [0.2, 0.25) is 0 Å². The minimum absolute atomic E-state index is 0.138. The monoisotopic (exact) mass is 312 g/mol. The van der Waals surface area contributed by atoms with Gasteiger partial charge in [0, 0.05) is 0 Å². The number of carbonyl (C=O) groups is 1. The summed E-state index contributed by atoms with van der Waals surface area (Å²) in [5.41, 5.74) is 2.61. The smallest absolute Gasteiger partial charge is 0.319 e. The highest BCUT2D eigenvalue weighted by atomic mass is 79.9. The first-order chi connectivity index (χ1) is 8.63. The number of benzene rings is 1. The number of ether oxygens (including phenoxy) is 1. The quantitative estimate of drug-likeness (QED) is 0.561. The average molecular weight is 313 g/mol. The van der Waals surface area contributed by atoms with E-state index in [1.807, 2.05) is 6.92 Å². The van der Waals surface area contributed by atoms with Crippen LogP contribution in [0.3, 0.4) is 0 Å². The Morgan fingerprint density at radius 2 is 2.22 bits per heavy atom. The number of rotatable bonds is 7. The zero-order valence-electron chi connectivity index (χ0n) is 11.1. The minimum Gasteiger partial charge on any atom is -0.465 e. The average Bonchev–Trinajstić information content (AvgIpc) is 2.35. The van der Waals surface area contributed by atoms with Crippen LogP contribution in [0, 0.1) is 6.92 Å². The molecule has 18 heavy (non-hydrogen) atoms. The third-order valence-corrected chi connectivity index (χ3v) is 3.54. The number of hydrogen-bond donors (Lipinski definition) is 0. The molecule has 2 nitrogen and oxygen atoms in total. The van der Waals surface area contributed by atoms with E-state index in [1.165, 1.54) is 11.1 Å². The Kier molecular flexibility index (Phi) is 7.02. The molecule has 0 aromatic heterocycles. The van der Waals surface area contributed by atoms with Crippen LogP contribution >= 0.6 is 15.9 Å². The lowest BCUT2D eigenvalue weighted by atomic mass is 10.1. The van der Waals surface area contributed by atoms with Gasteiger partial charge in [0.1, 0.15) is 4.83 Å². The maximum absolute atomic E-state index is 11.5. The van der Waals surface area contributed by atoms with Gasteiger partial charge in [-0.3, -0.25) is 4.79 Å². The van der Waals surface area contributed by atoms with Crippen molar-refractivity contribution in [1.82, 2.24) is 0 Å². The van der Waals surface area contributed by atoms with Gasteiger partial charge in [-0.15, -0.1) is 0 Å². The topological polar surface area (TPSA) is 26.3 Å². The molecule has 1 aromatic rings. The van der Waals surface area contributed by atoms with E-state index < -0.39 is 0 Å². The summed E-state index contributed by atoms with van der Waals surface area (Å²) in [6, 6.07) is 8.50. The molecule has 0 amide bonds. The Morgan fingerprint density at radius 3 is 2.89 bits per heavy atom. The second-order valence-corrected chi connectivity index (χ2v) is 5.62. The first-order valence-electron chi connectivity index (χ1n) is 6.49. The summed E-state index contributed by atoms with van der Waals surface area (Å²) in [6.45, 7) is 4.60. The predicted octanol–water partition coefficient (Wildman–Crippen LogP) is 4.03. The summed E-state index contributed by atoms with van der Waals surface area (Å²) >= 11 is 3.39. The van der Waals surface area contributed by atoms with Crippen molar-refractivity contribution in [1.29, 1.82) is 0 Å². The summed E-state index contributed by atoms with van der Waals surface area (Å²) in [4.78, 5) is 11.4. The Morgan fingerprint density at radius 1 is 1.44 bits per heavy atom. The van der Waals surface area contributed by atoms with Gasteiger partial charge in [0.05, 0.1) is 6.61 Å². The SMILES string of the molecule is CCCOC(=O)C(Br)CCCc1cccc(C)c1. The van der Waals surface area contributed by atoms with Gasteiger partial charge in [-0.1, -0.05) is 52.7 Å². The number of aryl methyl sites for hydroxylation is 2. The van der Waals surface area contributed by atoms with Gasteiger partial charge in [-0.2, -0.15) is 0 Å². The van der Waals surface area contributed by atoms with Gasteiger partial charge in [0.25, 0.3) is 0 Å². The van der Waals surface area contributed by atoms with Crippen molar-refractivity contribution in [3.8, 4) is 0 Å². The van der Waals surface area contributed by atoms with E-state index in [-0.39, 0.29) is 10.8 Å². The standard InChI is InChI=1S/C15H21BrO2/c1-3-10-18-15(17)14(16)9-5-8-13-7-4-6-12(2)11-13/h4,6-7,11,14H,3,5,8-10H2,1-2H3. The summed E-state index contributed by atoms with van der Waals surface area (Å²) in [7, 11) is 0. The molecule has 1 rings (SSSR count). The van der Waals surface area contributed by atoms with Gasteiger partial charge >= 0.3 is 5.97 Å². The lowest BCUT2D eigenvalue weighted by Crippen LogP contribution is -2.18. The number of alkyl halides is 1. The van der Waals surface area contributed by atoms with Crippen molar-refractivity contribution < 1.29 is 9.53 Å². The highest BCUT2D eigenvalue weighted by Crippen LogP contribution is 2.14. The third kappa shape index (κ3) is 5.67. The van der Waals surface area contributed by atoms with E-state index in [0.717, 1.165) is 25.7 Å². The van der Waals surface area contributed by atoms with Crippen molar-refractivity contribution in [3.05, 3.63) is 35.4 Å². The van der Waals surface area contributed by atoms with Crippen LogP contribution in [0.25, 0.3) is 0 Å². The van der Waals surface area contributed by atoms with Gasteiger partial charge in [-0.05, 0) is 38.2 Å². The van der Waals surface area contributed by atoms with Crippen molar-refractivity contribution >= 4 is 21.9 Å². The van der Waals surface area contributed by atoms with Crippen LogP contribution in [-0.2, 0) is 16.0 Å². The highest BCUT2D eigenvalue weighted by Gasteiger charge is 2.15. The fraction of sp³-hybridized carbons (Fsp3) is 0.533. The van der Waals surface area contributed by atoms with Gasteiger partial charge in [0.2, 0.25) is 0 Å². The Balaban J connectivity index is 2.26. The van der Waals surface area contributed by atoms with Crippen LogP contribution in [0.5, 0.6) is 0 Å². The predicted molar refractivity (Wildman–Crippen MR) is 78.1 cm³/mol. The second-order valence-electron chi connectivity index (χ2n) is 4.52. The van der Waals surface area contributed by atoms with Crippen molar-refractivity contribution in [2.75, 3.05) is 6.61 Å². The maximum atomic E-state index is 11.5. The Labute approximate surface area is 118 Å². The second kappa shape index (κ2) is 8.30. The van der Waals surface area contributed by atoms with Crippen LogP contribution < -0.4 is 0 Å². The largest absolute Gasteiger partial charge is 0.465 e. The van der Waals surface area contributed by atoms with E-state index in [9.17, 15) is 4.79 Å². The fourth-order valence-electron chi connectivity index (χ4n) is 1.76. The molecule has 0 N–H and O–H groups in total. The molecule has 0 heterocycles. The molecule has 0 bridgehead atoms. The van der Waals surface area contributed by atoms with E-state index in [2.05, 4.69) is 47.1 Å². The first-order valence-corrected chi connectivity index (χ1v) is 7.41. The molecule has 0 radical (unpaired) electrons. The molecule has 0 aliphatic rings. The summed E-state index contributed by atoms with van der Waals surface area (Å²) < 4.78 is 5.09. The van der Waals surface area contributed by atoms with E-state index in [1.54, 1.807) is 0 Å². The zero-order chi connectivity index (χ0) is 13.4. The number of hydrogen-bond acceptors (Lipinski definition) is 2. The Bertz CT molecular complexity index is 377. The molecule has 1 aromatic carbocycles. The molecule has 1 unspecified atom stereocenters. The normalized spacial score (nSPS) is 12.2. The van der Waals surface area contributed by atoms with Gasteiger partial charge < -0.3 is 4.74 Å². The van der Waals surface area contributed by atoms with E-state index >= 15 is 0 Å². The number of halogens is 1. The molecule has 100 valence electrons. The lowest BCUT2D eigenvalue weighted by molar-refractivity contribution is -0.142. The molecule has 3 heteroatoms. The number of carbonyl (C=O) groups excluding carboxylic acids is 1. The number of esters is 1. The minimum atomic E-state index is -0.172. The molecule has 0 saturated carbocycles. The molecule has 0 saturated heterocycles. The van der Waals surface area contributed by atoms with Crippen LogP contribution in [0.1, 0.15) is 37.3 Å². The van der Waals surface area contributed by atoms with Crippen LogP contribution in [0.15, 0.2) is 24.3 Å². The third-order valence-electron chi connectivity index (χ3n) is 2.71. The lowest BCUT2D eigenvalue weighted by Gasteiger charge is -2.09. The van der Waals surface area contributed by atoms with Crippen molar-refractivity contribution in [2.45, 2.75) is 44.4 Å². The zero-order valence-corrected chi connectivity index (χ0v) is 12.7. The fourth-order valence-corrected chi connectivity index (χ4v) is 2.22. The summed E-state index contributed by atoms with van der Waals surface area (Å²) in [5, 5.41) is 0. The van der Waals surface area contributed by atoms with Crippen LogP contribution in [0.4, 0.5) is 0 Å². The van der Waals surface area contributed by atoms with Crippen LogP contribution in [-0.4, -0.2) is 17.4 Å². The molecule has 1 atom stereocenters. The molecule has 0 aliphatic carbocycles. The Hall–Kier alpha value is -0.830. The maximum Gasteiger partial charge on any atom is 0.319 e. The molecular weight excluding hydrogens is 292 g/mol. The van der Waals surface area contributed by atoms with Crippen molar-refractivity contribution in [2.24, 2.45) is 0 Å². The van der Waals surface area contributed by atoms with E-state index in [4.69, 9.17) is 4.74 Å². The molecule has 0 aliphatic heterocycles. The van der Waals surface area contributed by atoms with Crippen molar-refractivity contribution in [3.63, 3.8) is 0 Å². The molecule has 0 fully saturated rings. The first kappa shape index (κ1) is 15.2. The van der Waals surface area contributed by atoms with E-state index in [0.29, 0.717) is 6.61 Å². The summed E-state index contributed by atoms with van der Waals surface area (Å²) in [5.74, 6) is -0.138. The summed E-state index contributed by atoms with van der Waals surface area (Å²) in [6.07, 6.45) is 3.68. The van der Waals surface area contributed by atoms with Gasteiger partial charge in [-0.25, -0.2) is 0 Å². The van der Waals surface area contributed by atoms with Gasteiger partial charge in [0.15, 0.2) is 0 Å². The molecule has 0 spiro atoms. The molecular formula is C15H21BrO2.